The number of benzene rings is 17. The molecule has 6 aliphatic rings. The van der Waals surface area contributed by atoms with Crippen LogP contribution >= 0.6 is 0 Å². The first-order valence-corrected chi connectivity index (χ1v) is 50.3. The molecule has 0 bridgehead atoms. The molecule has 23 rings (SSSR count). The van der Waals surface area contributed by atoms with E-state index in [0.29, 0.717) is 0 Å². The van der Waals surface area contributed by atoms with Gasteiger partial charge in [-0.2, -0.15) is 0 Å². The monoisotopic (exact) mass is 1760 g/mol. The van der Waals surface area contributed by atoms with Gasteiger partial charge < -0.3 is 0 Å². The van der Waals surface area contributed by atoms with Crippen LogP contribution in [0.15, 0.2) is 176 Å². The molecule has 0 N–H and O–H groups in total. The van der Waals surface area contributed by atoms with Crippen LogP contribution in [0.5, 0.6) is 0 Å². The maximum absolute atomic E-state index is 2.59. The number of rotatable bonds is 0. The van der Waals surface area contributed by atoms with Gasteiger partial charge in [0.25, 0.3) is 0 Å². The number of hydrogen-bond donors (Lipinski definition) is 0. The fourth-order valence-corrected chi connectivity index (χ4v) is 26.9. The van der Waals surface area contributed by atoms with Gasteiger partial charge in [-0.15, -0.1) is 0 Å². The van der Waals surface area contributed by atoms with Gasteiger partial charge in [0.05, 0.1) is 16.2 Å². The lowest BCUT2D eigenvalue weighted by Crippen LogP contribution is -2.31. The summed E-state index contributed by atoms with van der Waals surface area (Å²) in [7, 11) is 0. The highest BCUT2D eigenvalue weighted by atomic mass is 14.5. The van der Waals surface area contributed by atoms with Crippen molar-refractivity contribution >= 4 is 138 Å². The van der Waals surface area contributed by atoms with Gasteiger partial charge in [0.15, 0.2) is 0 Å². The average Bonchev–Trinajstić information content (AvgIpc) is 1.53. The van der Waals surface area contributed by atoms with Gasteiger partial charge in [0.2, 0.25) is 0 Å². The van der Waals surface area contributed by atoms with Crippen LogP contribution in [0.2, 0.25) is 0 Å². The van der Waals surface area contributed by atoms with E-state index in [1.807, 2.05) is 41.5 Å². The van der Waals surface area contributed by atoms with Crippen molar-refractivity contribution < 1.29 is 0 Å². The Morgan fingerprint density at radius 2 is 0.422 bits per heavy atom. The summed E-state index contributed by atoms with van der Waals surface area (Å²) in [5.41, 5.74) is 67.3. The molecule has 680 valence electrons. The Labute approximate surface area is 807 Å². The van der Waals surface area contributed by atoms with E-state index >= 15 is 0 Å². The Kier molecular flexibility index (Phi) is 23.1. The zero-order valence-corrected chi connectivity index (χ0v) is 88.0. The highest BCUT2D eigenvalue weighted by Gasteiger charge is 2.52. The van der Waals surface area contributed by atoms with Gasteiger partial charge in [-0.3, -0.25) is 0 Å². The molecule has 135 heavy (non-hydrogen) atoms. The van der Waals surface area contributed by atoms with Gasteiger partial charge in [-0.1, -0.05) is 218 Å². The highest BCUT2D eigenvalue weighted by molar-refractivity contribution is 6.28. The zero-order valence-electron chi connectivity index (χ0n) is 88.0. The summed E-state index contributed by atoms with van der Waals surface area (Å²) in [5.74, 6) is 0. The van der Waals surface area contributed by atoms with Gasteiger partial charge in [0, 0.05) is 0 Å². The molecule has 17 aromatic carbocycles. The van der Waals surface area contributed by atoms with Gasteiger partial charge >= 0.3 is 0 Å². The normalized spacial score (nSPS) is 14.5. The summed E-state index contributed by atoms with van der Waals surface area (Å²) in [5, 5.41) is 21.5. The SMILES string of the molecule is CC.CC.CC.CC1=C(C)c2c(C)c(C)c(C)c(C)c2C2(C=Cc3c2c2ccccc2c2ccccc32)c2c(C)c(C)c(C)c(C)c21.CC1=C(C)c2c(C)c(C)c(C)c(C)c2C2(C=Cc3c2cc2ccc4cccc5ccc3c2c45)c2c(C)c(C)c(C)c(C)c21.CC1=C(C)c2c(C)c(C)c(C)c(C)c2C2(C=Cc3cc4c5ccccc5c5ccccc5c4cc32)c2c(C)c(C)c(C)c(C)c21. The second-order valence-corrected chi connectivity index (χ2v) is 40.3. The maximum atomic E-state index is 2.59. The molecule has 17 aromatic rings. The smallest absolute Gasteiger partial charge is 0.0664 e. The Hall–Kier alpha value is -12.5. The van der Waals surface area contributed by atoms with Crippen molar-refractivity contribution in [3.63, 3.8) is 0 Å². The third kappa shape index (κ3) is 12.3. The molecule has 0 heterocycles. The topological polar surface area (TPSA) is 0 Å². The van der Waals surface area contributed by atoms with Crippen molar-refractivity contribution in [1.29, 1.82) is 0 Å². The third-order valence-electron chi connectivity index (χ3n) is 35.8. The van der Waals surface area contributed by atoms with Crippen molar-refractivity contribution in [2.75, 3.05) is 0 Å². The standard InChI is InChI=1S/C45H42.C43H40.C41H40.3C2H6/c1-23-25(3)31(9)43-41(27(23)5)29(7)30(8)42-28(6)24(2)26(4)32(10)44(42)45(43)20-19-33-21-38-36-17-13-11-15-34(36)35-16-12-14-18-37(35)39(38)22-40(33)45;1-21-23(3)29(9)41-37(25(21)5)27(7)28(8)38-26(6)22(2)24(4)30(10)42(38)43(41)19-18-34-35-17-16-32-13-11-12-31-14-15-33(20-36(34)43)40(35)39(31)32;1-21-23(3)29(9)38-36(25(21)5)27(7)28(8)37-26(6)22(2)24(4)30(10)39(37)41(38)20-19-35-33-17-12-11-15-31(33)32-16-13-14-18-34(32)40(35)41;3*1-2/h11-22H,1-10H3;11-20H,1-10H3;11-20H,1-10H3;3*1-2H3. The molecule has 6 aliphatic carbocycles. The van der Waals surface area contributed by atoms with Crippen molar-refractivity contribution in [1.82, 2.24) is 0 Å². The lowest BCUT2D eigenvalue weighted by atomic mass is 9.63. The minimum Gasteiger partial charge on any atom is -0.0683 e. The van der Waals surface area contributed by atoms with Crippen LogP contribution in [-0.2, 0) is 16.2 Å². The average molecular weight is 1760 g/mol. The predicted molar refractivity (Wildman–Crippen MR) is 598 cm³/mol. The van der Waals surface area contributed by atoms with Gasteiger partial charge in [-0.05, 0) is 579 Å². The van der Waals surface area contributed by atoms with Crippen LogP contribution in [-0.4, -0.2) is 0 Å². The summed E-state index contributed by atoms with van der Waals surface area (Å²) < 4.78 is 0. The molecule has 0 radical (unpaired) electrons. The van der Waals surface area contributed by atoms with Crippen LogP contribution in [0.4, 0.5) is 0 Å². The zero-order chi connectivity index (χ0) is 97.1. The number of allylic oxidation sites excluding steroid dienone is 9. The van der Waals surface area contributed by atoms with Crippen LogP contribution in [0, 0.1) is 166 Å². The Morgan fingerprint density at radius 1 is 0.163 bits per heavy atom. The molecule has 0 saturated heterocycles. The van der Waals surface area contributed by atoms with Crippen LogP contribution in [0.3, 0.4) is 0 Å². The molecular weight excluding hydrogens is 1620 g/mol. The summed E-state index contributed by atoms with van der Waals surface area (Å²) in [6.07, 6.45) is 15.1. The molecule has 0 amide bonds. The molecule has 0 aromatic heterocycles. The molecule has 0 heteroatoms. The molecule has 0 aliphatic heterocycles. The Balaban J connectivity index is 0.000000132. The fourth-order valence-electron chi connectivity index (χ4n) is 26.9. The first kappa shape index (κ1) is 92.9. The van der Waals surface area contributed by atoms with E-state index in [1.165, 1.54) is 353 Å². The summed E-state index contributed by atoms with van der Waals surface area (Å²) in [6.45, 7) is 82.6. The van der Waals surface area contributed by atoms with Crippen LogP contribution in [0.25, 0.3) is 138 Å². The van der Waals surface area contributed by atoms with E-state index in [1.54, 1.807) is 0 Å². The quantitative estimate of drug-likeness (QED) is 0.133. The lowest BCUT2D eigenvalue weighted by Gasteiger charge is -2.39. The van der Waals surface area contributed by atoms with E-state index in [2.05, 4.69) is 402 Å². The second-order valence-electron chi connectivity index (χ2n) is 40.3. The van der Waals surface area contributed by atoms with Crippen molar-refractivity contribution in [3.8, 4) is 0 Å². The molecule has 0 nitrogen and oxygen atoms in total. The summed E-state index contributed by atoms with van der Waals surface area (Å²) >= 11 is 0. The maximum Gasteiger partial charge on any atom is 0.0664 e. The van der Waals surface area contributed by atoms with E-state index in [-0.39, 0.29) is 5.41 Å². The first-order chi connectivity index (χ1) is 64.5. The van der Waals surface area contributed by atoms with Crippen molar-refractivity contribution in [2.45, 2.75) is 265 Å². The predicted octanol–water partition coefficient (Wildman–Crippen LogP) is 38.1. The van der Waals surface area contributed by atoms with E-state index in [0.717, 1.165) is 0 Å². The lowest BCUT2D eigenvalue weighted by molar-refractivity contribution is 0.767. The minimum absolute atomic E-state index is 0.385. The fraction of sp³-hybridized carbons (Fsp3) is 0.289. The van der Waals surface area contributed by atoms with Crippen molar-refractivity contribution in [3.05, 3.63) is 410 Å². The molecule has 0 saturated carbocycles. The molecule has 0 atom stereocenters. The molecule has 3 spiro atoms. The van der Waals surface area contributed by atoms with Crippen molar-refractivity contribution in [2.24, 2.45) is 0 Å². The van der Waals surface area contributed by atoms with Crippen LogP contribution in [0.1, 0.15) is 317 Å². The third-order valence-corrected chi connectivity index (χ3v) is 35.8. The van der Waals surface area contributed by atoms with E-state index < -0.39 is 10.8 Å². The van der Waals surface area contributed by atoms with E-state index in [4.69, 9.17) is 0 Å². The first-order valence-electron chi connectivity index (χ1n) is 50.3. The van der Waals surface area contributed by atoms with Crippen LogP contribution < -0.4 is 0 Å². The van der Waals surface area contributed by atoms with E-state index in [9.17, 15) is 0 Å². The summed E-state index contributed by atoms with van der Waals surface area (Å²) in [4.78, 5) is 0. The second kappa shape index (κ2) is 33.5. The molecule has 0 fully saturated rings. The highest BCUT2D eigenvalue weighted by Crippen LogP contribution is 2.65. The summed E-state index contributed by atoms with van der Waals surface area (Å²) in [6, 6.07) is 59.8. The minimum atomic E-state index is -0.402. The Morgan fingerprint density at radius 3 is 0.785 bits per heavy atom. The van der Waals surface area contributed by atoms with Gasteiger partial charge in [-0.25, -0.2) is 0 Å². The Bertz CT molecular complexity index is 8080. The molecule has 0 unspecified atom stereocenters. The van der Waals surface area contributed by atoms with Gasteiger partial charge in [0.1, 0.15) is 0 Å². The number of fused-ring (bicyclic) bond motifs is 30. The largest absolute Gasteiger partial charge is 0.0683 e. The molecular formula is C135H140. The number of hydrogen-bond acceptors (Lipinski definition) is 0.